The van der Waals surface area contributed by atoms with Crippen molar-refractivity contribution in [2.24, 2.45) is 5.41 Å². The highest BCUT2D eigenvalue weighted by atomic mass is 79.9. The van der Waals surface area contributed by atoms with Gasteiger partial charge in [-0.3, -0.25) is 4.90 Å². The van der Waals surface area contributed by atoms with E-state index in [9.17, 15) is 13.9 Å². The van der Waals surface area contributed by atoms with Gasteiger partial charge in [-0.15, -0.1) is 24.8 Å². The van der Waals surface area contributed by atoms with E-state index in [0.29, 0.717) is 0 Å². The minimum atomic E-state index is -0.964. The van der Waals surface area contributed by atoms with Gasteiger partial charge < -0.3 is 10.4 Å². The monoisotopic (exact) mass is 434 g/mol. The molecule has 0 aromatic heterocycles. The zero-order valence-corrected chi connectivity index (χ0v) is 16.5. The number of hydrogen-bond donors (Lipinski definition) is 2. The van der Waals surface area contributed by atoms with Crippen molar-refractivity contribution in [3.05, 3.63) is 27.7 Å². The smallest absolute Gasteiger partial charge is 0.167 e. The van der Waals surface area contributed by atoms with E-state index in [-0.39, 0.29) is 46.0 Å². The van der Waals surface area contributed by atoms with Gasteiger partial charge in [-0.05, 0) is 27.4 Å². The van der Waals surface area contributed by atoms with Crippen molar-refractivity contribution in [3.8, 4) is 5.75 Å². The van der Waals surface area contributed by atoms with Gasteiger partial charge in [0.1, 0.15) is 5.75 Å². The number of piperazine rings is 1. The van der Waals surface area contributed by atoms with Crippen molar-refractivity contribution >= 4 is 40.7 Å². The van der Waals surface area contributed by atoms with E-state index in [1.807, 2.05) is 20.8 Å². The zero-order valence-electron chi connectivity index (χ0n) is 13.3. The summed E-state index contributed by atoms with van der Waals surface area (Å²) >= 11 is 3.10. The Labute approximate surface area is 156 Å². The summed E-state index contributed by atoms with van der Waals surface area (Å²) in [5.74, 6) is -2.12. The summed E-state index contributed by atoms with van der Waals surface area (Å²) in [6.45, 7) is 8.97. The highest BCUT2D eigenvalue weighted by Crippen LogP contribution is 2.45. The number of benzene rings is 1. The number of rotatable bonds is 2. The number of hydrogen-bond acceptors (Lipinski definition) is 3. The second-order valence-corrected chi connectivity index (χ2v) is 7.33. The third-order valence-electron chi connectivity index (χ3n) is 3.79. The van der Waals surface area contributed by atoms with Crippen LogP contribution in [0, 0.1) is 17.0 Å². The predicted octanol–water partition coefficient (Wildman–Crippen LogP) is 4.27. The van der Waals surface area contributed by atoms with Crippen molar-refractivity contribution in [2.75, 3.05) is 26.2 Å². The first-order chi connectivity index (χ1) is 9.73. The summed E-state index contributed by atoms with van der Waals surface area (Å²) in [5.41, 5.74) is -0.306. The lowest BCUT2D eigenvalue weighted by atomic mass is 9.80. The molecule has 2 rings (SSSR count). The van der Waals surface area contributed by atoms with Gasteiger partial charge in [-0.25, -0.2) is 8.78 Å². The van der Waals surface area contributed by atoms with Gasteiger partial charge in [0.05, 0.1) is 10.0 Å². The standard InChI is InChI=1S/C15H21BrF2N2O.2ClH/c1-15(2,3)14(20-6-4-19-5-7-20)11-12(18)10(17)8-9(16)13(11)21;;/h8,14,19,21H,4-7H2,1-3H3;2*1H/t14-;;/m1../s1. The molecule has 0 spiro atoms. The first kappa shape index (κ1) is 22.9. The number of nitrogens with one attached hydrogen (secondary N) is 1. The Bertz CT molecular complexity index is 509. The summed E-state index contributed by atoms with van der Waals surface area (Å²) in [7, 11) is 0. The minimum Gasteiger partial charge on any atom is -0.506 e. The Morgan fingerprint density at radius 1 is 1.22 bits per heavy atom. The summed E-state index contributed by atoms with van der Waals surface area (Å²) in [4.78, 5) is 2.10. The van der Waals surface area contributed by atoms with Crippen LogP contribution in [0.1, 0.15) is 32.4 Å². The van der Waals surface area contributed by atoms with Crippen molar-refractivity contribution in [1.29, 1.82) is 0 Å². The van der Waals surface area contributed by atoms with E-state index in [4.69, 9.17) is 0 Å². The molecule has 0 bridgehead atoms. The first-order valence-corrected chi connectivity index (χ1v) is 7.84. The molecule has 2 N–H and O–H groups in total. The lowest BCUT2D eigenvalue weighted by Gasteiger charge is -2.42. The Morgan fingerprint density at radius 3 is 2.22 bits per heavy atom. The molecule has 8 heteroatoms. The van der Waals surface area contributed by atoms with Gasteiger partial charge in [-0.2, -0.15) is 0 Å². The molecule has 1 fully saturated rings. The highest BCUT2D eigenvalue weighted by molar-refractivity contribution is 9.10. The van der Waals surface area contributed by atoms with Crippen molar-refractivity contribution in [3.63, 3.8) is 0 Å². The molecule has 0 aliphatic carbocycles. The number of phenolic OH excluding ortho intramolecular Hbond substituents is 1. The average Bonchev–Trinajstić information content (AvgIpc) is 2.41. The lowest BCUT2D eigenvalue weighted by Crippen LogP contribution is -2.48. The maximum Gasteiger partial charge on any atom is 0.167 e. The number of aromatic hydroxyl groups is 1. The Hall–Kier alpha value is -0.140. The van der Waals surface area contributed by atoms with Gasteiger partial charge in [0.25, 0.3) is 0 Å². The lowest BCUT2D eigenvalue weighted by molar-refractivity contribution is 0.0806. The van der Waals surface area contributed by atoms with Crippen LogP contribution in [-0.2, 0) is 0 Å². The molecule has 0 unspecified atom stereocenters. The summed E-state index contributed by atoms with van der Waals surface area (Å²) in [6, 6.07) is 0.567. The minimum absolute atomic E-state index is 0. The first-order valence-electron chi connectivity index (χ1n) is 7.04. The molecular weight excluding hydrogens is 413 g/mol. The molecule has 134 valence electrons. The van der Waals surface area contributed by atoms with Gasteiger partial charge >= 0.3 is 0 Å². The molecule has 1 atom stereocenters. The molecule has 1 saturated heterocycles. The zero-order chi connectivity index (χ0) is 15.8. The van der Waals surface area contributed by atoms with Gasteiger partial charge in [0.15, 0.2) is 11.6 Å². The van der Waals surface area contributed by atoms with Crippen LogP contribution in [0.3, 0.4) is 0 Å². The van der Waals surface area contributed by atoms with E-state index >= 15 is 0 Å². The van der Waals surface area contributed by atoms with Gasteiger partial charge in [0, 0.05) is 32.2 Å². The normalized spacial score (nSPS) is 17.1. The van der Waals surface area contributed by atoms with Gasteiger partial charge in [0.2, 0.25) is 0 Å². The second-order valence-electron chi connectivity index (χ2n) is 6.47. The number of halogens is 5. The predicted molar refractivity (Wildman–Crippen MR) is 96.9 cm³/mol. The average molecular weight is 436 g/mol. The van der Waals surface area contributed by atoms with Crippen molar-refractivity contribution in [2.45, 2.75) is 26.8 Å². The van der Waals surface area contributed by atoms with E-state index in [1.54, 1.807) is 0 Å². The molecule has 1 heterocycles. The molecule has 0 radical (unpaired) electrons. The number of phenols is 1. The summed E-state index contributed by atoms with van der Waals surface area (Å²) < 4.78 is 28.3. The molecule has 3 nitrogen and oxygen atoms in total. The van der Waals surface area contributed by atoms with Crippen molar-refractivity contribution in [1.82, 2.24) is 10.2 Å². The van der Waals surface area contributed by atoms with E-state index < -0.39 is 17.7 Å². The molecule has 1 aromatic carbocycles. The van der Waals surface area contributed by atoms with E-state index in [2.05, 4.69) is 26.1 Å². The molecule has 1 aromatic rings. The third kappa shape index (κ3) is 4.92. The molecule has 0 saturated carbocycles. The number of nitrogens with zero attached hydrogens (tertiary/aromatic N) is 1. The fourth-order valence-electron chi connectivity index (χ4n) is 2.96. The maximum atomic E-state index is 14.4. The largest absolute Gasteiger partial charge is 0.506 e. The van der Waals surface area contributed by atoms with E-state index in [1.165, 1.54) is 0 Å². The topological polar surface area (TPSA) is 35.5 Å². The van der Waals surface area contributed by atoms with Gasteiger partial charge in [-0.1, -0.05) is 20.8 Å². The maximum absolute atomic E-state index is 14.4. The van der Waals surface area contributed by atoms with Crippen LogP contribution < -0.4 is 5.32 Å². The molecule has 1 aliphatic rings. The molecule has 0 amide bonds. The van der Waals surface area contributed by atoms with Crippen LogP contribution >= 0.6 is 40.7 Å². The van der Waals surface area contributed by atoms with Crippen LogP contribution in [0.4, 0.5) is 8.78 Å². The Kier molecular flexibility index (Phi) is 8.76. The second kappa shape index (κ2) is 8.81. The Balaban J connectivity index is 0.00000242. The van der Waals surface area contributed by atoms with Crippen LogP contribution in [0.2, 0.25) is 0 Å². The van der Waals surface area contributed by atoms with Crippen LogP contribution in [0.25, 0.3) is 0 Å². The molecule has 23 heavy (non-hydrogen) atoms. The van der Waals surface area contributed by atoms with Crippen LogP contribution in [-0.4, -0.2) is 36.2 Å². The fourth-order valence-corrected chi connectivity index (χ4v) is 3.37. The molecule has 1 aliphatic heterocycles. The quantitative estimate of drug-likeness (QED) is 0.681. The Morgan fingerprint density at radius 2 is 1.74 bits per heavy atom. The fraction of sp³-hybridized carbons (Fsp3) is 0.600. The summed E-state index contributed by atoms with van der Waals surface area (Å²) in [6.07, 6.45) is 0. The highest BCUT2D eigenvalue weighted by Gasteiger charge is 2.37. The van der Waals surface area contributed by atoms with Crippen LogP contribution in [0.5, 0.6) is 5.75 Å². The SMILES string of the molecule is CC(C)(C)[C@@H](c1c(O)c(Br)cc(F)c1F)N1CCNCC1.Cl.Cl. The summed E-state index contributed by atoms with van der Waals surface area (Å²) in [5, 5.41) is 13.5. The van der Waals surface area contributed by atoms with Crippen molar-refractivity contribution < 1.29 is 13.9 Å². The molecular formula is C15H23BrCl2F2N2O. The van der Waals surface area contributed by atoms with Crippen LogP contribution in [0.15, 0.2) is 10.5 Å². The van der Waals surface area contributed by atoms with E-state index in [0.717, 1.165) is 32.2 Å². The third-order valence-corrected chi connectivity index (χ3v) is 4.40.